The van der Waals surface area contributed by atoms with Crippen molar-refractivity contribution in [2.45, 2.75) is 12.5 Å². The first kappa shape index (κ1) is 20.7. The molecule has 2 N–H and O–H groups in total. The molecule has 0 saturated carbocycles. The Bertz CT molecular complexity index is 1480. The quantitative estimate of drug-likeness (QED) is 0.638. The summed E-state index contributed by atoms with van der Waals surface area (Å²) in [6.07, 6.45) is 3.04. The number of fused-ring (bicyclic) bond motifs is 2. The van der Waals surface area contributed by atoms with Gasteiger partial charge < -0.3 is 10.5 Å². The van der Waals surface area contributed by atoms with Gasteiger partial charge in [-0.1, -0.05) is 36.4 Å². The van der Waals surface area contributed by atoms with E-state index in [1.165, 1.54) is 24.4 Å². The Morgan fingerprint density at radius 1 is 1.12 bits per heavy atom. The summed E-state index contributed by atoms with van der Waals surface area (Å²) in [5.41, 5.74) is 7.54. The lowest BCUT2D eigenvalue weighted by molar-refractivity contribution is 0.357. The molecule has 0 fully saturated rings. The van der Waals surface area contributed by atoms with E-state index < -0.39 is 21.8 Å². The van der Waals surface area contributed by atoms with E-state index in [9.17, 15) is 18.1 Å². The molecule has 2 aromatic carbocycles. The number of rotatable bonds is 3. The Morgan fingerprint density at radius 2 is 1.88 bits per heavy atom. The first-order chi connectivity index (χ1) is 15.9. The number of nitrogens with zero attached hydrogens (tertiary/aromatic N) is 3. The van der Waals surface area contributed by atoms with Crippen LogP contribution in [0.4, 0.5) is 10.1 Å². The average molecular weight is 460 g/mol. The molecule has 1 aromatic heterocycles. The van der Waals surface area contributed by atoms with E-state index in [0.717, 1.165) is 4.31 Å². The second kappa shape index (κ2) is 7.76. The van der Waals surface area contributed by atoms with Crippen LogP contribution in [-0.2, 0) is 21.3 Å². The normalized spacial score (nSPS) is 18.8. The number of hydrogen-bond acceptors (Lipinski definition) is 6. The first-order valence-electron chi connectivity index (χ1n) is 10.0. The molecular weight excluding hydrogens is 443 g/mol. The van der Waals surface area contributed by atoms with Crippen LogP contribution in [0.25, 0.3) is 5.76 Å². The van der Waals surface area contributed by atoms with Crippen LogP contribution in [0.2, 0.25) is 0 Å². The van der Waals surface area contributed by atoms with E-state index in [4.69, 9.17) is 10.5 Å². The summed E-state index contributed by atoms with van der Waals surface area (Å²) in [5.74, 6) is -1.65. The number of pyridine rings is 1. The number of ether oxygens (including phenoxy) is 1. The standard InChI is InChI=1S/C24H17FN4O3S/c25-19-9-3-1-6-16(19)14-29-20-10-4-2-8-17(20)22-23(33(29,30)31)21(15-7-5-11-28-13-15)18(12-26)24(27)32-22/h1-11,13,21H,14,27H2/t21-/m0/s1. The van der Waals surface area contributed by atoms with E-state index in [2.05, 4.69) is 4.98 Å². The third kappa shape index (κ3) is 3.23. The minimum absolute atomic E-state index is 0.0319. The molecule has 0 radical (unpaired) electrons. The second-order valence-corrected chi connectivity index (χ2v) is 9.36. The molecule has 3 aromatic rings. The summed E-state index contributed by atoms with van der Waals surface area (Å²) in [6.45, 7) is -0.232. The van der Waals surface area contributed by atoms with Gasteiger partial charge in [-0.15, -0.1) is 0 Å². The lowest BCUT2D eigenvalue weighted by atomic mass is 9.89. The summed E-state index contributed by atoms with van der Waals surface area (Å²) in [7, 11) is -4.26. The van der Waals surface area contributed by atoms with Gasteiger partial charge in [0.2, 0.25) is 5.88 Å². The Hall–Kier alpha value is -4.16. The predicted octanol–water partition coefficient (Wildman–Crippen LogP) is 3.75. The number of anilines is 1. The molecule has 2 aliphatic rings. The summed E-state index contributed by atoms with van der Waals surface area (Å²) < 4.78 is 49.5. The van der Waals surface area contributed by atoms with Gasteiger partial charge in [-0.05, 0) is 29.8 Å². The maximum absolute atomic E-state index is 14.5. The minimum Gasteiger partial charge on any atom is -0.439 e. The van der Waals surface area contributed by atoms with Crippen LogP contribution >= 0.6 is 0 Å². The number of benzene rings is 2. The van der Waals surface area contributed by atoms with E-state index in [1.807, 2.05) is 6.07 Å². The van der Waals surface area contributed by atoms with Crippen molar-refractivity contribution >= 4 is 21.5 Å². The monoisotopic (exact) mass is 460 g/mol. The zero-order chi connectivity index (χ0) is 23.2. The third-order valence-corrected chi connectivity index (χ3v) is 7.53. The van der Waals surface area contributed by atoms with E-state index in [-0.39, 0.29) is 34.2 Å². The van der Waals surface area contributed by atoms with Crippen molar-refractivity contribution in [3.05, 3.63) is 112 Å². The molecule has 5 rings (SSSR count). The van der Waals surface area contributed by atoms with Crippen molar-refractivity contribution in [1.82, 2.24) is 4.98 Å². The number of hydrogen-bond donors (Lipinski definition) is 1. The molecule has 7 nitrogen and oxygen atoms in total. The molecular formula is C24H17FN4O3S. The zero-order valence-electron chi connectivity index (χ0n) is 17.1. The molecule has 0 amide bonds. The fourth-order valence-electron chi connectivity index (χ4n) is 4.14. The average Bonchev–Trinajstić information content (AvgIpc) is 2.82. The van der Waals surface area contributed by atoms with Crippen LogP contribution < -0.4 is 10.0 Å². The van der Waals surface area contributed by atoms with Crippen molar-refractivity contribution in [2.24, 2.45) is 5.73 Å². The van der Waals surface area contributed by atoms with Gasteiger partial charge in [0.25, 0.3) is 10.0 Å². The summed E-state index contributed by atoms with van der Waals surface area (Å²) in [4.78, 5) is 3.96. The Balaban J connectivity index is 1.77. The zero-order valence-corrected chi connectivity index (χ0v) is 18.0. The maximum atomic E-state index is 14.5. The van der Waals surface area contributed by atoms with Crippen molar-refractivity contribution in [3.8, 4) is 6.07 Å². The fraction of sp³-hybridized carbons (Fsp3) is 0.0833. The van der Waals surface area contributed by atoms with Gasteiger partial charge in [0.1, 0.15) is 22.4 Å². The van der Waals surface area contributed by atoms with Gasteiger partial charge >= 0.3 is 0 Å². The number of aromatic nitrogens is 1. The van der Waals surface area contributed by atoms with E-state index in [1.54, 1.807) is 48.7 Å². The number of allylic oxidation sites excluding steroid dienone is 2. The SMILES string of the molecule is N#CC1=C(N)OC2=C([C@H]1c1cccnc1)S(=O)(=O)N(Cc1ccccc1F)c1ccccc12. The molecule has 1 atom stereocenters. The molecule has 33 heavy (non-hydrogen) atoms. The van der Waals surface area contributed by atoms with Gasteiger partial charge in [-0.25, -0.2) is 12.8 Å². The van der Waals surface area contributed by atoms with Crippen molar-refractivity contribution < 1.29 is 17.5 Å². The van der Waals surface area contributed by atoms with Crippen molar-refractivity contribution in [1.29, 1.82) is 5.26 Å². The lowest BCUT2D eigenvalue weighted by Gasteiger charge is -2.38. The first-order valence-corrected chi connectivity index (χ1v) is 11.4. The third-order valence-electron chi connectivity index (χ3n) is 5.65. The van der Waals surface area contributed by atoms with Crippen LogP contribution in [0, 0.1) is 17.1 Å². The van der Waals surface area contributed by atoms with Gasteiger partial charge in [-0.2, -0.15) is 5.26 Å². The lowest BCUT2D eigenvalue weighted by Crippen LogP contribution is -2.39. The van der Waals surface area contributed by atoms with Crippen molar-refractivity contribution in [2.75, 3.05) is 4.31 Å². The second-order valence-electron chi connectivity index (χ2n) is 7.52. The summed E-state index contributed by atoms with van der Waals surface area (Å²) in [5, 5.41) is 9.82. The minimum atomic E-state index is -4.26. The molecule has 0 spiro atoms. The topological polar surface area (TPSA) is 109 Å². The highest BCUT2D eigenvalue weighted by Crippen LogP contribution is 2.51. The van der Waals surface area contributed by atoms with Crippen LogP contribution in [0.1, 0.15) is 22.6 Å². The highest BCUT2D eigenvalue weighted by atomic mass is 32.2. The van der Waals surface area contributed by atoms with Crippen LogP contribution in [-0.4, -0.2) is 13.4 Å². The highest BCUT2D eigenvalue weighted by Gasteiger charge is 2.47. The Morgan fingerprint density at radius 3 is 2.61 bits per heavy atom. The number of halogens is 1. The number of para-hydroxylation sites is 1. The molecule has 9 heteroatoms. The van der Waals surface area contributed by atoms with Crippen LogP contribution in [0.15, 0.2) is 89.4 Å². The van der Waals surface area contributed by atoms with Gasteiger partial charge in [-0.3, -0.25) is 9.29 Å². The predicted molar refractivity (Wildman–Crippen MR) is 120 cm³/mol. The number of nitriles is 1. The largest absolute Gasteiger partial charge is 0.439 e. The van der Waals surface area contributed by atoms with Crippen LogP contribution in [0.5, 0.6) is 0 Å². The molecule has 3 heterocycles. The molecule has 0 bridgehead atoms. The van der Waals surface area contributed by atoms with Gasteiger partial charge in [0.05, 0.1) is 18.2 Å². The van der Waals surface area contributed by atoms with E-state index in [0.29, 0.717) is 16.8 Å². The van der Waals surface area contributed by atoms with Crippen molar-refractivity contribution in [3.63, 3.8) is 0 Å². The molecule has 0 unspecified atom stereocenters. The Kier molecular flexibility index (Phi) is 4.87. The van der Waals surface area contributed by atoms with Crippen LogP contribution in [0.3, 0.4) is 0 Å². The smallest absolute Gasteiger partial charge is 0.265 e. The van der Waals surface area contributed by atoms with Gasteiger partial charge in [0.15, 0.2) is 5.76 Å². The molecule has 0 aliphatic carbocycles. The molecule has 0 saturated heterocycles. The number of sulfonamides is 1. The van der Waals surface area contributed by atoms with Gasteiger partial charge in [0, 0.05) is 23.5 Å². The summed E-state index contributed by atoms with van der Waals surface area (Å²) in [6, 6.07) is 18.1. The Labute approximate surface area is 189 Å². The maximum Gasteiger partial charge on any atom is 0.265 e. The van der Waals surface area contributed by atoms with E-state index >= 15 is 0 Å². The molecule has 164 valence electrons. The number of nitrogens with two attached hydrogens (primary N) is 1. The summed E-state index contributed by atoms with van der Waals surface area (Å²) >= 11 is 0. The fourth-order valence-corrected chi connectivity index (χ4v) is 6.04. The molecule has 2 aliphatic heterocycles. The highest BCUT2D eigenvalue weighted by molar-refractivity contribution is 7.96.